The van der Waals surface area contributed by atoms with E-state index in [1.165, 1.54) is 12.5 Å². The summed E-state index contributed by atoms with van der Waals surface area (Å²) >= 11 is 0. The van der Waals surface area contributed by atoms with Crippen molar-refractivity contribution in [2.24, 2.45) is 0 Å². The minimum absolute atomic E-state index is 0.0240. The first-order chi connectivity index (χ1) is 11.5. The molecule has 24 heavy (non-hydrogen) atoms. The lowest BCUT2D eigenvalue weighted by atomic mass is 9.98. The minimum Gasteiger partial charge on any atom is -0.496 e. The molecule has 130 valence electrons. The second kappa shape index (κ2) is 6.94. The van der Waals surface area contributed by atoms with Crippen LogP contribution >= 0.6 is 0 Å². The predicted octanol–water partition coefficient (Wildman–Crippen LogP) is 2.55. The summed E-state index contributed by atoms with van der Waals surface area (Å²) in [6, 6.07) is 7.97. The molecular weight excluding hydrogens is 326 g/mol. The van der Waals surface area contributed by atoms with Crippen LogP contribution in [0.3, 0.4) is 0 Å². The Morgan fingerprint density at radius 2 is 2.12 bits per heavy atom. The number of para-hydroxylation sites is 1. The van der Waals surface area contributed by atoms with Gasteiger partial charge in [-0.05, 0) is 25.5 Å². The molecule has 0 radical (unpaired) electrons. The van der Waals surface area contributed by atoms with Crippen molar-refractivity contribution in [3.05, 3.63) is 41.7 Å². The molecule has 1 aliphatic heterocycles. The second-order valence-electron chi connectivity index (χ2n) is 6.21. The van der Waals surface area contributed by atoms with Crippen molar-refractivity contribution in [2.45, 2.75) is 36.7 Å². The number of hydrogen-bond acceptors (Lipinski definition) is 5. The van der Waals surface area contributed by atoms with Gasteiger partial charge in [-0.15, -0.1) is 0 Å². The molecule has 0 saturated carbocycles. The molecule has 0 aliphatic carbocycles. The average Bonchev–Trinajstić information content (AvgIpc) is 3.06. The zero-order chi connectivity index (χ0) is 17.2. The summed E-state index contributed by atoms with van der Waals surface area (Å²) in [7, 11) is -1.62. The first-order valence-corrected chi connectivity index (χ1v) is 9.99. The lowest BCUT2D eigenvalue weighted by molar-refractivity contribution is 0.134. The highest BCUT2D eigenvalue weighted by Crippen LogP contribution is 2.35. The molecule has 2 heterocycles. The second-order valence-corrected chi connectivity index (χ2v) is 8.20. The van der Waals surface area contributed by atoms with E-state index in [1.54, 1.807) is 7.11 Å². The molecule has 1 aromatic carbocycles. The molecule has 3 rings (SSSR count). The Hall–Kier alpha value is -1.86. The summed E-state index contributed by atoms with van der Waals surface area (Å²) in [6.07, 6.45) is 5.75. The van der Waals surface area contributed by atoms with E-state index in [0.29, 0.717) is 10.6 Å². The van der Waals surface area contributed by atoms with Gasteiger partial charge in [0.25, 0.3) is 0 Å². The van der Waals surface area contributed by atoms with E-state index in [-0.39, 0.29) is 6.04 Å². The van der Waals surface area contributed by atoms with Crippen molar-refractivity contribution in [2.75, 3.05) is 19.9 Å². The summed E-state index contributed by atoms with van der Waals surface area (Å²) in [5.74, 6) is 0.856. The van der Waals surface area contributed by atoms with E-state index in [1.807, 2.05) is 18.2 Å². The van der Waals surface area contributed by atoms with E-state index in [9.17, 15) is 8.42 Å². The first-order valence-electron chi connectivity index (χ1n) is 8.10. The number of nitrogens with zero attached hydrogens (tertiary/aromatic N) is 2. The molecule has 6 nitrogen and oxygen atoms in total. The number of ether oxygens (including phenoxy) is 1. The largest absolute Gasteiger partial charge is 0.496 e. The molecule has 7 heteroatoms. The van der Waals surface area contributed by atoms with Crippen molar-refractivity contribution in [3.63, 3.8) is 0 Å². The zero-order valence-corrected chi connectivity index (χ0v) is 14.8. The molecule has 2 aromatic rings. The van der Waals surface area contributed by atoms with Gasteiger partial charge in [-0.1, -0.05) is 24.6 Å². The minimum atomic E-state index is -3.29. The van der Waals surface area contributed by atoms with Gasteiger partial charge in [-0.2, -0.15) is 5.10 Å². The van der Waals surface area contributed by atoms with Crippen LogP contribution in [0.5, 0.6) is 5.75 Å². The van der Waals surface area contributed by atoms with Crippen LogP contribution in [0.1, 0.15) is 36.6 Å². The third-order valence-electron chi connectivity index (χ3n) is 4.54. The number of nitrogens with one attached hydrogen (secondary N) is 1. The summed E-state index contributed by atoms with van der Waals surface area (Å²) in [4.78, 5) is 2.61. The number of aromatic amines is 1. The van der Waals surface area contributed by atoms with Gasteiger partial charge in [-0.3, -0.25) is 10.00 Å². The number of sulfone groups is 1. The number of aromatic nitrogens is 2. The number of benzene rings is 1. The van der Waals surface area contributed by atoms with Crippen LogP contribution in [0, 0.1) is 0 Å². The topological polar surface area (TPSA) is 75.3 Å². The van der Waals surface area contributed by atoms with Gasteiger partial charge in [0.1, 0.15) is 10.6 Å². The predicted molar refractivity (Wildman–Crippen MR) is 91.7 cm³/mol. The highest BCUT2D eigenvalue weighted by Gasteiger charge is 2.30. The number of methoxy groups -OCH3 is 1. The number of hydrogen-bond donors (Lipinski definition) is 1. The Bertz CT molecular complexity index is 801. The van der Waals surface area contributed by atoms with Gasteiger partial charge >= 0.3 is 0 Å². The molecule has 1 atom stereocenters. The van der Waals surface area contributed by atoms with Gasteiger partial charge in [0.05, 0.1) is 25.0 Å². The van der Waals surface area contributed by atoms with E-state index < -0.39 is 9.84 Å². The summed E-state index contributed by atoms with van der Waals surface area (Å²) < 4.78 is 29.5. The van der Waals surface area contributed by atoms with Crippen molar-refractivity contribution in [1.29, 1.82) is 0 Å². The van der Waals surface area contributed by atoms with E-state index in [2.05, 4.69) is 21.2 Å². The van der Waals surface area contributed by atoms with Gasteiger partial charge in [-0.25, -0.2) is 8.42 Å². The molecule has 0 unspecified atom stereocenters. The molecule has 0 bridgehead atoms. The normalized spacial score (nSPS) is 19.3. The average molecular weight is 349 g/mol. The van der Waals surface area contributed by atoms with Gasteiger partial charge in [0, 0.05) is 18.4 Å². The SMILES string of the molecule is COc1ccccc1CN1CCCC[C@@H]1c1[nH]ncc1S(C)(=O)=O. The standard InChI is InChI=1S/C17H23N3O3S/c1-23-15-9-4-3-7-13(15)12-20-10-6-5-8-14(20)17-16(11-18-19-17)24(2,21)22/h3-4,7,9,11,14H,5-6,8,10,12H2,1-2H3,(H,18,19)/t14-/m1/s1. The molecular formula is C17H23N3O3S. The maximum absolute atomic E-state index is 12.0. The van der Waals surface area contributed by atoms with Crippen LogP contribution in [0.2, 0.25) is 0 Å². The zero-order valence-electron chi connectivity index (χ0n) is 14.0. The maximum atomic E-state index is 12.0. The van der Waals surface area contributed by atoms with Crippen LogP contribution in [0.25, 0.3) is 0 Å². The Morgan fingerprint density at radius 1 is 1.33 bits per heavy atom. The van der Waals surface area contributed by atoms with E-state index in [0.717, 1.165) is 43.7 Å². The smallest absolute Gasteiger partial charge is 0.178 e. The Balaban J connectivity index is 1.91. The summed E-state index contributed by atoms with van der Waals surface area (Å²) in [5.41, 5.74) is 1.81. The van der Waals surface area contributed by atoms with Gasteiger partial charge < -0.3 is 4.74 Å². The summed E-state index contributed by atoms with van der Waals surface area (Å²) in [6.45, 7) is 1.64. The first kappa shape index (κ1) is 17.0. The molecule has 0 amide bonds. The highest BCUT2D eigenvalue weighted by molar-refractivity contribution is 7.90. The van der Waals surface area contributed by atoms with Crippen molar-refractivity contribution in [3.8, 4) is 5.75 Å². The lowest BCUT2D eigenvalue weighted by Gasteiger charge is -2.35. The third-order valence-corrected chi connectivity index (χ3v) is 5.67. The van der Waals surface area contributed by atoms with Crippen LogP contribution in [-0.2, 0) is 16.4 Å². The Kier molecular flexibility index (Phi) is 4.91. The van der Waals surface area contributed by atoms with Gasteiger partial charge in [0.15, 0.2) is 9.84 Å². The van der Waals surface area contributed by atoms with Crippen molar-refractivity contribution >= 4 is 9.84 Å². The number of piperidine rings is 1. The van der Waals surface area contributed by atoms with E-state index in [4.69, 9.17) is 4.74 Å². The monoisotopic (exact) mass is 349 g/mol. The van der Waals surface area contributed by atoms with Crippen LogP contribution in [-0.4, -0.2) is 43.4 Å². The molecule has 1 saturated heterocycles. The van der Waals surface area contributed by atoms with Crippen LogP contribution < -0.4 is 4.74 Å². The summed E-state index contributed by atoms with van der Waals surface area (Å²) in [5, 5.41) is 6.91. The molecule has 1 aliphatic rings. The molecule has 1 N–H and O–H groups in total. The molecule has 1 fully saturated rings. The lowest BCUT2D eigenvalue weighted by Crippen LogP contribution is -2.34. The fourth-order valence-electron chi connectivity index (χ4n) is 3.38. The number of rotatable bonds is 5. The Morgan fingerprint density at radius 3 is 2.88 bits per heavy atom. The van der Waals surface area contributed by atoms with Crippen LogP contribution in [0.15, 0.2) is 35.4 Å². The number of H-pyrrole nitrogens is 1. The fourth-order valence-corrected chi connectivity index (χ4v) is 4.20. The highest BCUT2D eigenvalue weighted by atomic mass is 32.2. The maximum Gasteiger partial charge on any atom is 0.178 e. The van der Waals surface area contributed by atoms with Crippen LogP contribution in [0.4, 0.5) is 0 Å². The Labute approximate surface area is 142 Å². The van der Waals surface area contributed by atoms with Crippen molar-refractivity contribution in [1.82, 2.24) is 15.1 Å². The van der Waals surface area contributed by atoms with Crippen molar-refractivity contribution < 1.29 is 13.2 Å². The van der Waals surface area contributed by atoms with E-state index >= 15 is 0 Å². The number of likely N-dealkylation sites (tertiary alicyclic amines) is 1. The van der Waals surface area contributed by atoms with Gasteiger partial charge in [0.2, 0.25) is 0 Å². The fraction of sp³-hybridized carbons (Fsp3) is 0.471. The molecule has 0 spiro atoms. The quantitative estimate of drug-likeness (QED) is 0.898. The molecule has 1 aromatic heterocycles. The third kappa shape index (κ3) is 3.47.